The number of aromatic amines is 1. The number of halogens is 1. The van der Waals surface area contributed by atoms with Crippen molar-refractivity contribution in [2.75, 3.05) is 5.32 Å². The van der Waals surface area contributed by atoms with Gasteiger partial charge in [0.05, 0.1) is 5.25 Å². The van der Waals surface area contributed by atoms with Crippen LogP contribution < -0.4 is 5.32 Å². The van der Waals surface area contributed by atoms with Crippen LogP contribution in [0.4, 0.5) is 5.69 Å². The third-order valence-corrected chi connectivity index (χ3v) is 3.79. The van der Waals surface area contributed by atoms with Crippen LogP contribution in [0.5, 0.6) is 0 Å². The average molecular weight is 311 g/mol. The molecule has 0 saturated carbocycles. The first-order valence-corrected chi connectivity index (χ1v) is 7.48. The second kappa shape index (κ2) is 6.76. The molecule has 0 aliphatic carbocycles. The molecule has 1 heterocycles. The lowest BCUT2D eigenvalue weighted by Gasteiger charge is -2.10. The fraction of sp³-hybridized carbons (Fsp3) is 0.308. The van der Waals surface area contributed by atoms with Crippen LogP contribution in [0.3, 0.4) is 0 Å². The number of nitrogens with one attached hydrogen (secondary N) is 2. The van der Waals surface area contributed by atoms with Gasteiger partial charge in [-0.05, 0) is 25.1 Å². The van der Waals surface area contributed by atoms with Gasteiger partial charge in [-0.2, -0.15) is 0 Å². The Hall–Kier alpha value is -1.53. The van der Waals surface area contributed by atoms with E-state index in [0.717, 1.165) is 12.2 Å². The van der Waals surface area contributed by atoms with Crippen LogP contribution >= 0.6 is 23.4 Å². The van der Waals surface area contributed by atoms with E-state index in [4.69, 9.17) is 11.6 Å². The van der Waals surface area contributed by atoms with Gasteiger partial charge in [0.2, 0.25) is 11.1 Å². The highest BCUT2D eigenvalue weighted by molar-refractivity contribution is 8.00. The molecule has 1 atom stereocenters. The Morgan fingerprint density at radius 2 is 2.35 bits per heavy atom. The summed E-state index contributed by atoms with van der Waals surface area (Å²) in [5, 5.41) is 10.6. The number of anilines is 1. The fourth-order valence-electron chi connectivity index (χ4n) is 1.51. The van der Waals surface area contributed by atoms with E-state index in [2.05, 4.69) is 20.5 Å². The van der Waals surface area contributed by atoms with Crippen molar-refractivity contribution in [3.05, 3.63) is 35.1 Å². The molecule has 1 aromatic heterocycles. The monoisotopic (exact) mass is 310 g/mol. The van der Waals surface area contributed by atoms with E-state index in [1.165, 1.54) is 11.8 Å². The first-order chi connectivity index (χ1) is 9.58. The van der Waals surface area contributed by atoms with Crippen LogP contribution in [0, 0.1) is 0 Å². The number of thioether (sulfide) groups is 1. The highest BCUT2D eigenvalue weighted by Crippen LogP contribution is 2.21. The number of benzene rings is 1. The van der Waals surface area contributed by atoms with Crippen molar-refractivity contribution in [1.29, 1.82) is 0 Å². The van der Waals surface area contributed by atoms with E-state index in [0.29, 0.717) is 15.9 Å². The van der Waals surface area contributed by atoms with Crippen LogP contribution in [0.15, 0.2) is 29.4 Å². The van der Waals surface area contributed by atoms with E-state index in [1.54, 1.807) is 24.3 Å². The van der Waals surface area contributed by atoms with Crippen LogP contribution in [-0.4, -0.2) is 26.3 Å². The van der Waals surface area contributed by atoms with Crippen LogP contribution in [0.1, 0.15) is 19.7 Å². The summed E-state index contributed by atoms with van der Waals surface area (Å²) in [5.41, 5.74) is 0.680. The number of hydrogen-bond acceptors (Lipinski definition) is 4. The number of carbonyl (C=O) groups is 1. The molecule has 20 heavy (non-hydrogen) atoms. The molecule has 0 unspecified atom stereocenters. The molecule has 1 amide bonds. The Bertz CT molecular complexity index is 602. The largest absolute Gasteiger partial charge is 0.325 e. The van der Waals surface area contributed by atoms with Crippen molar-refractivity contribution in [1.82, 2.24) is 15.2 Å². The van der Waals surface area contributed by atoms with E-state index >= 15 is 0 Å². The Kier molecular flexibility index (Phi) is 5.03. The molecular formula is C13H15ClN4OS. The summed E-state index contributed by atoms with van der Waals surface area (Å²) in [4.78, 5) is 16.3. The maximum Gasteiger partial charge on any atom is 0.237 e. The predicted molar refractivity (Wildman–Crippen MR) is 81.2 cm³/mol. The molecule has 106 valence electrons. The number of aromatic nitrogens is 3. The standard InChI is InChI=1S/C13H15ClN4OS/c1-3-11-16-13(18-17-11)20-8(2)12(19)15-10-6-4-5-9(14)7-10/h4-8H,3H2,1-2H3,(H,15,19)(H,16,17,18)/t8-/m0/s1. The maximum atomic E-state index is 12.1. The number of amides is 1. The fourth-order valence-corrected chi connectivity index (χ4v) is 2.44. The number of H-pyrrole nitrogens is 1. The summed E-state index contributed by atoms with van der Waals surface area (Å²) in [7, 11) is 0. The highest BCUT2D eigenvalue weighted by Gasteiger charge is 2.17. The molecule has 2 N–H and O–H groups in total. The summed E-state index contributed by atoms with van der Waals surface area (Å²) in [5.74, 6) is 0.704. The lowest BCUT2D eigenvalue weighted by molar-refractivity contribution is -0.115. The second-order valence-electron chi connectivity index (χ2n) is 4.18. The van der Waals surface area contributed by atoms with Gasteiger partial charge in [0, 0.05) is 17.1 Å². The first kappa shape index (κ1) is 14.9. The lowest BCUT2D eigenvalue weighted by Crippen LogP contribution is -2.22. The van der Waals surface area contributed by atoms with Gasteiger partial charge in [0.1, 0.15) is 5.82 Å². The first-order valence-electron chi connectivity index (χ1n) is 6.23. The van der Waals surface area contributed by atoms with Gasteiger partial charge in [0.15, 0.2) is 0 Å². The predicted octanol–water partition coefficient (Wildman–Crippen LogP) is 3.14. The van der Waals surface area contributed by atoms with Crippen LogP contribution in [0.2, 0.25) is 5.02 Å². The molecule has 0 aliphatic rings. The molecule has 2 aromatic rings. The van der Waals surface area contributed by atoms with Crippen molar-refractivity contribution in [3.63, 3.8) is 0 Å². The second-order valence-corrected chi connectivity index (χ2v) is 5.92. The quantitative estimate of drug-likeness (QED) is 0.832. The van der Waals surface area contributed by atoms with Gasteiger partial charge in [0.25, 0.3) is 0 Å². The SMILES string of the molecule is CCc1nc(S[C@@H](C)C(=O)Nc2cccc(Cl)c2)n[nH]1. The van der Waals surface area contributed by atoms with Crippen molar-refractivity contribution < 1.29 is 4.79 Å². The van der Waals surface area contributed by atoms with Crippen molar-refractivity contribution >= 4 is 35.0 Å². The van der Waals surface area contributed by atoms with E-state index in [1.807, 2.05) is 13.8 Å². The normalized spacial score (nSPS) is 12.2. The Morgan fingerprint density at radius 3 is 3.00 bits per heavy atom. The summed E-state index contributed by atoms with van der Waals surface area (Å²) in [6, 6.07) is 7.05. The topological polar surface area (TPSA) is 70.7 Å². The molecule has 0 saturated heterocycles. The number of nitrogens with zero attached hydrogens (tertiary/aromatic N) is 2. The average Bonchev–Trinajstić information content (AvgIpc) is 2.86. The number of aryl methyl sites for hydroxylation is 1. The van der Waals surface area contributed by atoms with Gasteiger partial charge in [-0.1, -0.05) is 36.4 Å². The zero-order valence-electron chi connectivity index (χ0n) is 11.2. The smallest absolute Gasteiger partial charge is 0.237 e. The van der Waals surface area contributed by atoms with Crippen LogP contribution in [-0.2, 0) is 11.2 Å². The molecule has 0 spiro atoms. The maximum absolute atomic E-state index is 12.1. The van der Waals surface area contributed by atoms with Gasteiger partial charge in [-0.3, -0.25) is 9.89 Å². The summed E-state index contributed by atoms with van der Waals surface area (Å²) in [6.07, 6.45) is 0.788. The molecule has 1 aromatic carbocycles. The Balaban J connectivity index is 1.95. The summed E-state index contributed by atoms with van der Waals surface area (Å²) < 4.78 is 0. The van der Waals surface area contributed by atoms with Gasteiger partial charge in [-0.15, -0.1) is 5.10 Å². The lowest BCUT2D eigenvalue weighted by atomic mass is 10.3. The molecule has 2 rings (SSSR count). The minimum Gasteiger partial charge on any atom is -0.325 e. The van der Waals surface area contributed by atoms with Crippen molar-refractivity contribution in [2.45, 2.75) is 30.7 Å². The third kappa shape index (κ3) is 3.98. The molecule has 0 bridgehead atoms. The summed E-state index contributed by atoms with van der Waals surface area (Å²) in [6.45, 7) is 3.80. The van der Waals surface area contributed by atoms with E-state index in [-0.39, 0.29) is 11.2 Å². The minimum atomic E-state index is -0.297. The Morgan fingerprint density at radius 1 is 1.55 bits per heavy atom. The number of carbonyl (C=O) groups excluding carboxylic acids is 1. The highest BCUT2D eigenvalue weighted by atomic mass is 35.5. The third-order valence-electron chi connectivity index (χ3n) is 2.59. The van der Waals surface area contributed by atoms with E-state index < -0.39 is 0 Å². The van der Waals surface area contributed by atoms with Crippen LogP contribution in [0.25, 0.3) is 0 Å². The van der Waals surface area contributed by atoms with Gasteiger partial charge >= 0.3 is 0 Å². The molecule has 0 aliphatic heterocycles. The van der Waals surface area contributed by atoms with Gasteiger partial charge < -0.3 is 5.32 Å². The summed E-state index contributed by atoms with van der Waals surface area (Å²) >= 11 is 7.19. The molecule has 5 nitrogen and oxygen atoms in total. The zero-order chi connectivity index (χ0) is 14.5. The number of rotatable bonds is 5. The molecule has 0 fully saturated rings. The van der Waals surface area contributed by atoms with Crippen molar-refractivity contribution in [2.24, 2.45) is 0 Å². The molecule has 0 radical (unpaired) electrons. The number of hydrogen-bond donors (Lipinski definition) is 2. The zero-order valence-corrected chi connectivity index (χ0v) is 12.8. The van der Waals surface area contributed by atoms with Crippen molar-refractivity contribution in [3.8, 4) is 0 Å². The van der Waals surface area contributed by atoms with Gasteiger partial charge in [-0.25, -0.2) is 4.98 Å². The minimum absolute atomic E-state index is 0.111. The van der Waals surface area contributed by atoms with E-state index in [9.17, 15) is 4.79 Å². The molecule has 7 heteroatoms. The Labute approximate surface area is 126 Å². The molecular weight excluding hydrogens is 296 g/mol.